The Morgan fingerprint density at radius 2 is 2.12 bits per heavy atom. The molecule has 0 radical (unpaired) electrons. The summed E-state index contributed by atoms with van der Waals surface area (Å²) in [7, 11) is 0. The van der Waals surface area contributed by atoms with E-state index in [9.17, 15) is 4.79 Å². The molecule has 0 atom stereocenters. The minimum atomic E-state index is -0.308. The average Bonchev–Trinajstić information content (AvgIpc) is 2.79. The first-order valence-corrected chi connectivity index (χ1v) is 5.67. The zero-order valence-corrected chi connectivity index (χ0v) is 9.57. The Morgan fingerprint density at radius 1 is 1.35 bits per heavy atom. The molecule has 1 aromatic carbocycles. The summed E-state index contributed by atoms with van der Waals surface area (Å²) >= 11 is 1.13. The van der Waals surface area contributed by atoms with Gasteiger partial charge in [0.2, 0.25) is 5.01 Å². The zero-order valence-electron chi connectivity index (χ0n) is 8.75. The third kappa shape index (κ3) is 2.86. The van der Waals surface area contributed by atoms with Gasteiger partial charge in [0.1, 0.15) is 5.01 Å². The number of nitrogens with one attached hydrogen (secondary N) is 1. The Bertz CT molecular complexity index is 558. The van der Waals surface area contributed by atoms with Gasteiger partial charge in [0.25, 0.3) is 5.91 Å². The number of carbonyl (C=O) groups excluding carboxylic acids is 1. The maximum Gasteiger partial charge on any atom is 0.286 e. The highest BCUT2D eigenvalue weighted by molar-refractivity contribution is 7.13. The number of anilines is 1. The molecule has 0 spiro atoms. The number of hydrogen-bond donors (Lipinski definition) is 1. The van der Waals surface area contributed by atoms with E-state index in [1.165, 1.54) is 0 Å². The summed E-state index contributed by atoms with van der Waals surface area (Å²) in [4.78, 5) is 11.7. The summed E-state index contributed by atoms with van der Waals surface area (Å²) in [5.41, 5.74) is 0.703. The summed E-state index contributed by atoms with van der Waals surface area (Å²) in [6.07, 6.45) is 0.177. The van der Waals surface area contributed by atoms with Gasteiger partial charge in [-0.15, -0.1) is 10.2 Å². The molecule has 0 unspecified atom stereocenters. The van der Waals surface area contributed by atoms with E-state index in [0.29, 0.717) is 10.7 Å². The van der Waals surface area contributed by atoms with E-state index in [2.05, 4.69) is 15.5 Å². The fraction of sp³-hybridized carbons (Fsp3) is 0.0909. The second-order valence-electron chi connectivity index (χ2n) is 3.16. The first-order chi connectivity index (χ1) is 8.29. The van der Waals surface area contributed by atoms with Gasteiger partial charge in [-0.05, 0) is 12.1 Å². The minimum Gasteiger partial charge on any atom is -0.320 e. The molecule has 1 N–H and O–H groups in total. The van der Waals surface area contributed by atoms with E-state index in [0.717, 1.165) is 11.3 Å². The molecule has 0 bridgehead atoms. The Labute approximate surface area is 102 Å². The van der Waals surface area contributed by atoms with Crippen LogP contribution in [0.4, 0.5) is 5.69 Å². The molecule has 1 amide bonds. The van der Waals surface area contributed by atoms with Crippen molar-refractivity contribution in [2.24, 2.45) is 0 Å². The molecule has 84 valence electrons. The van der Waals surface area contributed by atoms with Gasteiger partial charge in [-0.1, -0.05) is 29.5 Å². The first-order valence-electron chi connectivity index (χ1n) is 4.85. The van der Waals surface area contributed by atoms with Crippen LogP contribution in [0.5, 0.6) is 0 Å². The molecule has 0 saturated heterocycles. The predicted molar refractivity (Wildman–Crippen MR) is 63.6 cm³/mol. The summed E-state index contributed by atoms with van der Waals surface area (Å²) in [6, 6.07) is 11.1. The number of amides is 1. The number of hydrogen-bond acceptors (Lipinski definition) is 5. The lowest BCUT2D eigenvalue weighted by atomic mass is 10.3. The average molecular weight is 244 g/mol. The van der Waals surface area contributed by atoms with E-state index in [1.54, 1.807) is 12.1 Å². The highest BCUT2D eigenvalue weighted by Crippen LogP contribution is 2.13. The van der Waals surface area contributed by atoms with Crippen molar-refractivity contribution in [1.82, 2.24) is 10.2 Å². The van der Waals surface area contributed by atoms with Gasteiger partial charge in [0, 0.05) is 5.69 Å². The molecule has 6 heteroatoms. The SMILES string of the molecule is N#CCc1nnc(C(=O)Nc2ccccc2)s1. The maximum absolute atomic E-state index is 11.7. The standard InChI is InChI=1S/C11H8N4OS/c12-7-6-9-14-15-11(17-9)10(16)13-8-4-2-1-3-5-8/h1-5H,6H2,(H,13,16). The molecule has 0 aliphatic heterocycles. The number of rotatable bonds is 3. The summed E-state index contributed by atoms with van der Waals surface area (Å²) in [5.74, 6) is -0.308. The number of para-hydroxylation sites is 1. The van der Waals surface area contributed by atoms with Gasteiger partial charge < -0.3 is 5.32 Å². The van der Waals surface area contributed by atoms with Crippen LogP contribution in [0, 0.1) is 11.3 Å². The molecular formula is C11H8N4OS. The van der Waals surface area contributed by atoms with Crippen LogP contribution in [0.2, 0.25) is 0 Å². The van der Waals surface area contributed by atoms with Crippen molar-refractivity contribution in [3.63, 3.8) is 0 Å². The molecule has 2 rings (SSSR count). The minimum absolute atomic E-state index is 0.177. The van der Waals surface area contributed by atoms with E-state index < -0.39 is 0 Å². The van der Waals surface area contributed by atoms with Crippen LogP contribution < -0.4 is 5.32 Å². The molecular weight excluding hydrogens is 236 g/mol. The Morgan fingerprint density at radius 3 is 2.82 bits per heavy atom. The molecule has 0 saturated carbocycles. The summed E-state index contributed by atoms with van der Waals surface area (Å²) < 4.78 is 0. The molecule has 0 fully saturated rings. The second-order valence-corrected chi connectivity index (χ2v) is 4.22. The molecule has 0 aliphatic rings. The zero-order chi connectivity index (χ0) is 12.1. The molecule has 1 aromatic heterocycles. The largest absolute Gasteiger partial charge is 0.320 e. The van der Waals surface area contributed by atoms with E-state index >= 15 is 0 Å². The van der Waals surface area contributed by atoms with Crippen LogP contribution in [0.15, 0.2) is 30.3 Å². The Hall–Kier alpha value is -2.26. The highest BCUT2D eigenvalue weighted by atomic mass is 32.1. The van der Waals surface area contributed by atoms with Gasteiger partial charge in [0.05, 0.1) is 12.5 Å². The Kier molecular flexibility index (Phi) is 3.43. The van der Waals surface area contributed by atoms with E-state index in [1.807, 2.05) is 24.3 Å². The quantitative estimate of drug-likeness (QED) is 0.893. The third-order valence-electron chi connectivity index (χ3n) is 1.92. The molecule has 0 aliphatic carbocycles. The summed E-state index contributed by atoms with van der Waals surface area (Å²) in [6.45, 7) is 0. The van der Waals surface area contributed by atoms with Gasteiger partial charge in [-0.25, -0.2) is 0 Å². The number of benzene rings is 1. The molecule has 17 heavy (non-hydrogen) atoms. The van der Waals surface area contributed by atoms with Crippen LogP contribution in [-0.2, 0) is 6.42 Å². The van der Waals surface area contributed by atoms with Crippen molar-refractivity contribution < 1.29 is 4.79 Å². The van der Waals surface area contributed by atoms with Gasteiger partial charge in [0.15, 0.2) is 0 Å². The lowest BCUT2D eigenvalue weighted by Gasteiger charge is -2.00. The van der Waals surface area contributed by atoms with E-state index in [-0.39, 0.29) is 17.3 Å². The smallest absolute Gasteiger partial charge is 0.286 e. The summed E-state index contributed by atoms with van der Waals surface area (Å²) in [5, 5.41) is 19.5. The molecule has 5 nitrogen and oxygen atoms in total. The van der Waals surface area contributed by atoms with Crippen molar-refractivity contribution in [2.45, 2.75) is 6.42 Å². The maximum atomic E-state index is 11.7. The molecule has 2 aromatic rings. The van der Waals surface area contributed by atoms with Crippen LogP contribution in [-0.4, -0.2) is 16.1 Å². The number of carbonyl (C=O) groups is 1. The van der Waals surface area contributed by atoms with Gasteiger partial charge in [-0.2, -0.15) is 5.26 Å². The monoisotopic (exact) mass is 244 g/mol. The van der Waals surface area contributed by atoms with Gasteiger partial charge in [-0.3, -0.25) is 4.79 Å². The van der Waals surface area contributed by atoms with Crippen LogP contribution in [0.25, 0.3) is 0 Å². The number of nitriles is 1. The van der Waals surface area contributed by atoms with Crippen LogP contribution in [0.1, 0.15) is 14.8 Å². The lowest BCUT2D eigenvalue weighted by Crippen LogP contribution is -2.11. The van der Waals surface area contributed by atoms with Gasteiger partial charge >= 0.3 is 0 Å². The normalized spacial score (nSPS) is 9.59. The van der Waals surface area contributed by atoms with Crippen molar-refractivity contribution in [1.29, 1.82) is 5.26 Å². The fourth-order valence-corrected chi connectivity index (χ4v) is 1.86. The van der Waals surface area contributed by atoms with Crippen LogP contribution in [0.3, 0.4) is 0 Å². The van der Waals surface area contributed by atoms with Crippen molar-refractivity contribution in [3.05, 3.63) is 40.3 Å². The predicted octanol–water partition coefficient (Wildman–Crippen LogP) is 1.86. The highest BCUT2D eigenvalue weighted by Gasteiger charge is 2.12. The van der Waals surface area contributed by atoms with Crippen molar-refractivity contribution >= 4 is 22.9 Å². The second kappa shape index (κ2) is 5.18. The van der Waals surface area contributed by atoms with Crippen molar-refractivity contribution in [2.75, 3.05) is 5.32 Å². The first kappa shape index (κ1) is 11.2. The third-order valence-corrected chi connectivity index (χ3v) is 2.85. The number of aromatic nitrogens is 2. The van der Waals surface area contributed by atoms with E-state index in [4.69, 9.17) is 5.26 Å². The fourth-order valence-electron chi connectivity index (χ4n) is 1.19. The van der Waals surface area contributed by atoms with Crippen LogP contribution >= 0.6 is 11.3 Å². The topological polar surface area (TPSA) is 78.7 Å². The lowest BCUT2D eigenvalue weighted by molar-refractivity contribution is 0.102. The van der Waals surface area contributed by atoms with Crippen molar-refractivity contribution in [3.8, 4) is 6.07 Å². The number of nitrogens with zero attached hydrogens (tertiary/aromatic N) is 3. The molecule has 1 heterocycles. The Balaban J connectivity index is 2.07.